The predicted molar refractivity (Wildman–Crippen MR) is 129 cm³/mol. The van der Waals surface area contributed by atoms with Crippen molar-refractivity contribution in [2.75, 3.05) is 6.61 Å². The molecule has 3 aromatic rings. The van der Waals surface area contributed by atoms with E-state index in [9.17, 15) is 14.7 Å². The highest BCUT2D eigenvalue weighted by Crippen LogP contribution is 2.41. The third kappa shape index (κ3) is 4.49. The molecule has 1 amide bonds. The summed E-state index contributed by atoms with van der Waals surface area (Å²) in [5.41, 5.74) is 2.33. The van der Waals surface area contributed by atoms with Gasteiger partial charge < -0.3 is 19.2 Å². The number of aliphatic hydroxyl groups excluding tert-OH is 1. The summed E-state index contributed by atoms with van der Waals surface area (Å²) in [6, 6.07) is 17.4. The standard InChI is InChI=1S/C28H29NO5/c1-5-33-21-14-10-19(11-15-21)25(30)23-24(18-8-12-20(13-9-18)28(2,3)4)29(27(32)26(23)31)17-22-7-6-16-34-22/h6-16,24,30H,5,17H2,1-4H3/b25-23+. The van der Waals surface area contributed by atoms with Crippen LogP contribution in [0.5, 0.6) is 5.75 Å². The average molecular weight is 460 g/mol. The lowest BCUT2D eigenvalue weighted by molar-refractivity contribution is -0.140. The SMILES string of the molecule is CCOc1ccc(/C(O)=C2\C(=O)C(=O)N(Cc3ccco3)C2c2ccc(C(C)(C)C)cc2)cc1. The topological polar surface area (TPSA) is 80.0 Å². The van der Waals surface area contributed by atoms with Crippen molar-refractivity contribution in [3.8, 4) is 5.75 Å². The molecule has 1 unspecified atom stereocenters. The molecule has 0 spiro atoms. The summed E-state index contributed by atoms with van der Waals surface area (Å²) in [6.07, 6.45) is 1.53. The molecular weight excluding hydrogens is 430 g/mol. The molecule has 0 bridgehead atoms. The molecule has 176 valence electrons. The monoisotopic (exact) mass is 459 g/mol. The molecule has 6 heteroatoms. The average Bonchev–Trinajstić information content (AvgIpc) is 3.41. The number of furan rings is 1. The van der Waals surface area contributed by atoms with E-state index in [1.54, 1.807) is 36.4 Å². The van der Waals surface area contributed by atoms with E-state index in [0.717, 1.165) is 11.1 Å². The Morgan fingerprint density at radius 1 is 1.03 bits per heavy atom. The van der Waals surface area contributed by atoms with Crippen LogP contribution in [0, 0.1) is 0 Å². The molecule has 0 saturated carbocycles. The summed E-state index contributed by atoms with van der Waals surface area (Å²) in [7, 11) is 0. The number of hydrogen-bond donors (Lipinski definition) is 1. The van der Waals surface area contributed by atoms with Crippen LogP contribution in [0.15, 0.2) is 76.9 Å². The summed E-state index contributed by atoms with van der Waals surface area (Å²) in [5.74, 6) is -0.393. The van der Waals surface area contributed by atoms with E-state index >= 15 is 0 Å². The molecule has 4 rings (SSSR count). The number of ether oxygens (including phenoxy) is 1. The zero-order chi connectivity index (χ0) is 24.5. The first kappa shape index (κ1) is 23.4. The molecule has 0 aliphatic carbocycles. The van der Waals surface area contributed by atoms with Crippen molar-refractivity contribution < 1.29 is 23.8 Å². The molecule has 6 nitrogen and oxygen atoms in total. The molecular formula is C28H29NO5. The summed E-state index contributed by atoms with van der Waals surface area (Å²) >= 11 is 0. The van der Waals surface area contributed by atoms with Crippen LogP contribution in [0.3, 0.4) is 0 Å². The number of aliphatic hydroxyl groups is 1. The summed E-state index contributed by atoms with van der Waals surface area (Å²) in [4.78, 5) is 27.7. The number of carbonyl (C=O) groups is 2. The van der Waals surface area contributed by atoms with Gasteiger partial charge in [0.05, 0.1) is 31.0 Å². The molecule has 2 aromatic carbocycles. The van der Waals surface area contributed by atoms with Gasteiger partial charge in [0.15, 0.2) is 0 Å². The number of benzene rings is 2. The molecule has 1 atom stereocenters. The van der Waals surface area contributed by atoms with Gasteiger partial charge in [-0.1, -0.05) is 45.0 Å². The Balaban J connectivity index is 1.81. The maximum absolute atomic E-state index is 13.2. The molecule has 0 radical (unpaired) electrons. The lowest BCUT2D eigenvalue weighted by atomic mass is 9.85. The van der Waals surface area contributed by atoms with Crippen LogP contribution in [-0.4, -0.2) is 28.3 Å². The fourth-order valence-electron chi connectivity index (χ4n) is 4.16. The first-order chi connectivity index (χ1) is 16.2. The quantitative estimate of drug-likeness (QED) is 0.295. The largest absolute Gasteiger partial charge is 0.507 e. The van der Waals surface area contributed by atoms with Crippen molar-refractivity contribution in [2.45, 2.75) is 45.7 Å². The summed E-state index contributed by atoms with van der Waals surface area (Å²) in [6.45, 7) is 8.89. The van der Waals surface area contributed by atoms with Crippen LogP contribution in [0.2, 0.25) is 0 Å². The fraction of sp³-hybridized carbons (Fsp3) is 0.286. The fourth-order valence-corrected chi connectivity index (χ4v) is 4.16. The second kappa shape index (κ2) is 9.21. The number of amides is 1. The lowest BCUT2D eigenvalue weighted by Crippen LogP contribution is -2.29. The summed E-state index contributed by atoms with van der Waals surface area (Å²) in [5, 5.41) is 11.2. The molecule has 1 N–H and O–H groups in total. The van der Waals surface area contributed by atoms with Gasteiger partial charge in [0.25, 0.3) is 11.7 Å². The van der Waals surface area contributed by atoms with E-state index in [2.05, 4.69) is 20.8 Å². The van der Waals surface area contributed by atoms with Crippen LogP contribution < -0.4 is 4.74 Å². The van der Waals surface area contributed by atoms with Gasteiger partial charge in [0.1, 0.15) is 17.3 Å². The molecule has 1 saturated heterocycles. The van der Waals surface area contributed by atoms with Crippen molar-refractivity contribution in [3.05, 3.63) is 95.0 Å². The number of likely N-dealkylation sites (tertiary alicyclic amines) is 1. The van der Waals surface area contributed by atoms with Gasteiger partial charge in [-0.2, -0.15) is 0 Å². The van der Waals surface area contributed by atoms with Gasteiger partial charge in [-0.3, -0.25) is 9.59 Å². The zero-order valence-electron chi connectivity index (χ0n) is 19.9. The molecule has 1 aliphatic rings. The van der Waals surface area contributed by atoms with Crippen molar-refractivity contribution in [1.82, 2.24) is 4.90 Å². The van der Waals surface area contributed by atoms with Gasteiger partial charge in [0, 0.05) is 5.56 Å². The van der Waals surface area contributed by atoms with E-state index in [-0.39, 0.29) is 23.3 Å². The normalized spacial score (nSPS) is 17.9. The van der Waals surface area contributed by atoms with E-state index in [1.165, 1.54) is 11.2 Å². The highest BCUT2D eigenvalue weighted by molar-refractivity contribution is 6.46. The third-order valence-corrected chi connectivity index (χ3v) is 5.98. The molecule has 1 fully saturated rings. The Labute approximate surface area is 199 Å². The minimum Gasteiger partial charge on any atom is -0.507 e. The van der Waals surface area contributed by atoms with Gasteiger partial charge >= 0.3 is 0 Å². The summed E-state index contributed by atoms with van der Waals surface area (Å²) < 4.78 is 10.9. The zero-order valence-corrected chi connectivity index (χ0v) is 19.9. The van der Waals surface area contributed by atoms with Crippen LogP contribution in [0.1, 0.15) is 56.2 Å². The van der Waals surface area contributed by atoms with Crippen LogP contribution in [-0.2, 0) is 21.5 Å². The van der Waals surface area contributed by atoms with E-state index < -0.39 is 17.7 Å². The lowest BCUT2D eigenvalue weighted by Gasteiger charge is -2.26. The number of hydrogen-bond acceptors (Lipinski definition) is 5. The van der Waals surface area contributed by atoms with Gasteiger partial charge in [-0.15, -0.1) is 0 Å². The Morgan fingerprint density at radius 2 is 1.71 bits per heavy atom. The van der Waals surface area contributed by atoms with E-state index in [4.69, 9.17) is 9.15 Å². The van der Waals surface area contributed by atoms with Gasteiger partial charge in [0.2, 0.25) is 0 Å². The predicted octanol–water partition coefficient (Wildman–Crippen LogP) is 5.60. The highest BCUT2D eigenvalue weighted by Gasteiger charge is 2.46. The number of Topliss-reactive ketones (excluding diaryl/α,β-unsaturated/α-hetero) is 1. The Hall–Kier alpha value is -3.80. The first-order valence-corrected chi connectivity index (χ1v) is 11.3. The minimum atomic E-state index is -0.745. The van der Waals surface area contributed by atoms with Gasteiger partial charge in [-0.25, -0.2) is 0 Å². The van der Waals surface area contributed by atoms with E-state index in [0.29, 0.717) is 23.7 Å². The maximum Gasteiger partial charge on any atom is 0.296 e. The van der Waals surface area contributed by atoms with Crippen LogP contribution >= 0.6 is 0 Å². The number of rotatable bonds is 6. The highest BCUT2D eigenvalue weighted by atomic mass is 16.5. The molecule has 1 aliphatic heterocycles. The van der Waals surface area contributed by atoms with Crippen LogP contribution in [0.4, 0.5) is 0 Å². The Bertz CT molecular complexity index is 1200. The third-order valence-electron chi connectivity index (χ3n) is 5.98. The van der Waals surface area contributed by atoms with Gasteiger partial charge in [-0.05, 0) is 59.9 Å². The van der Waals surface area contributed by atoms with E-state index in [1.807, 2.05) is 31.2 Å². The molecule has 34 heavy (non-hydrogen) atoms. The smallest absolute Gasteiger partial charge is 0.296 e. The van der Waals surface area contributed by atoms with Crippen molar-refractivity contribution >= 4 is 17.4 Å². The van der Waals surface area contributed by atoms with Crippen molar-refractivity contribution in [1.29, 1.82) is 0 Å². The second-order valence-electron chi connectivity index (χ2n) is 9.34. The minimum absolute atomic E-state index is 0.0448. The van der Waals surface area contributed by atoms with Crippen molar-refractivity contribution in [3.63, 3.8) is 0 Å². The number of nitrogens with zero attached hydrogens (tertiary/aromatic N) is 1. The molecule has 1 aromatic heterocycles. The first-order valence-electron chi connectivity index (χ1n) is 11.3. The van der Waals surface area contributed by atoms with Crippen molar-refractivity contribution in [2.24, 2.45) is 0 Å². The Morgan fingerprint density at radius 3 is 2.26 bits per heavy atom. The van der Waals surface area contributed by atoms with Crippen LogP contribution in [0.25, 0.3) is 5.76 Å². The number of ketones is 1. The Kier molecular flexibility index (Phi) is 6.33. The molecule has 2 heterocycles. The maximum atomic E-state index is 13.2. The second-order valence-corrected chi connectivity index (χ2v) is 9.34. The number of carbonyl (C=O) groups excluding carboxylic acids is 2.